The lowest BCUT2D eigenvalue weighted by Crippen LogP contribution is -2.61. The maximum atomic E-state index is 11.9. The number of hydrogen-bond donors (Lipinski definition) is 1. The quantitative estimate of drug-likeness (QED) is 0.737. The van der Waals surface area contributed by atoms with Crippen molar-refractivity contribution in [3.63, 3.8) is 0 Å². The summed E-state index contributed by atoms with van der Waals surface area (Å²) in [7, 11) is 0. The van der Waals surface area contributed by atoms with Gasteiger partial charge in [0, 0.05) is 19.0 Å². The van der Waals surface area contributed by atoms with Crippen LogP contribution >= 0.6 is 0 Å². The number of amides is 1. The fourth-order valence-electron chi connectivity index (χ4n) is 3.44. The molecule has 1 spiro atoms. The standard InChI is InChI=1S/C13H22N2O/c1-3-10-15-12(16)6-8-13(15)7-5-9-14-11(13)4-2/h3,11,14H,1,4-10H2,2H3/t11-,13-/m0/s1. The summed E-state index contributed by atoms with van der Waals surface area (Å²) in [5.74, 6) is 0.307. The second-order valence-electron chi connectivity index (χ2n) is 4.92. The predicted molar refractivity (Wildman–Crippen MR) is 65.2 cm³/mol. The molecule has 0 aromatic rings. The summed E-state index contributed by atoms with van der Waals surface area (Å²) in [4.78, 5) is 14.0. The van der Waals surface area contributed by atoms with Crippen molar-refractivity contribution in [2.75, 3.05) is 13.1 Å². The average molecular weight is 222 g/mol. The van der Waals surface area contributed by atoms with Crippen LogP contribution in [0.1, 0.15) is 39.0 Å². The average Bonchev–Trinajstić information content (AvgIpc) is 2.60. The van der Waals surface area contributed by atoms with Crippen LogP contribution in [0.15, 0.2) is 12.7 Å². The van der Waals surface area contributed by atoms with E-state index in [9.17, 15) is 4.79 Å². The van der Waals surface area contributed by atoms with Crippen molar-refractivity contribution in [2.45, 2.75) is 50.6 Å². The van der Waals surface area contributed by atoms with Crippen LogP contribution in [-0.4, -0.2) is 35.5 Å². The van der Waals surface area contributed by atoms with Gasteiger partial charge in [-0.2, -0.15) is 0 Å². The summed E-state index contributed by atoms with van der Waals surface area (Å²) in [6.07, 6.45) is 7.01. The molecule has 1 amide bonds. The molecule has 0 aromatic carbocycles. The highest BCUT2D eigenvalue weighted by molar-refractivity contribution is 5.80. The second-order valence-corrected chi connectivity index (χ2v) is 4.92. The third kappa shape index (κ3) is 1.67. The minimum Gasteiger partial charge on any atom is -0.332 e. The molecule has 16 heavy (non-hydrogen) atoms. The number of carbonyl (C=O) groups is 1. The van der Waals surface area contributed by atoms with Gasteiger partial charge in [-0.15, -0.1) is 6.58 Å². The van der Waals surface area contributed by atoms with Gasteiger partial charge in [0.25, 0.3) is 0 Å². The molecule has 2 heterocycles. The summed E-state index contributed by atoms with van der Waals surface area (Å²) in [5, 5.41) is 3.58. The molecule has 2 rings (SSSR count). The number of piperidine rings is 1. The summed E-state index contributed by atoms with van der Waals surface area (Å²) >= 11 is 0. The predicted octanol–water partition coefficient (Wildman–Crippen LogP) is 1.70. The Morgan fingerprint density at radius 2 is 2.44 bits per heavy atom. The molecule has 3 heteroatoms. The lowest BCUT2D eigenvalue weighted by atomic mass is 9.79. The van der Waals surface area contributed by atoms with Gasteiger partial charge in [0.2, 0.25) is 5.91 Å². The van der Waals surface area contributed by atoms with Gasteiger partial charge in [-0.3, -0.25) is 4.79 Å². The first-order chi connectivity index (χ1) is 7.74. The molecule has 0 bridgehead atoms. The van der Waals surface area contributed by atoms with E-state index in [-0.39, 0.29) is 5.54 Å². The first kappa shape index (κ1) is 11.6. The highest BCUT2D eigenvalue weighted by Gasteiger charge is 2.50. The Hall–Kier alpha value is -0.830. The zero-order chi connectivity index (χ0) is 11.6. The van der Waals surface area contributed by atoms with E-state index in [0.29, 0.717) is 24.9 Å². The van der Waals surface area contributed by atoms with E-state index in [2.05, 4.69) is 23.7 Å². The first-order valence-corrected chi connectivity index (χ1v) is 6.39. The fourth-order valence-corrected chi connectivity index (χ4v) is 3.44. The van der Waals surface area contributed by atoms with Crippen molar-refractivity contribution >= 4 is 5.91 Å². The highest BCUT2D eigenvalue weighted by Crippen LogP contribution is 2.40. The van der Waals surface area contributed by atoms with Gasteiger partial charge < -0.3 is 10.2 Å². The third-order valence-electron chi connectivity index (χ3n) is 4.16. The number of nitrogens with zero attached hydrogens (tertiary/aromatic N) is 1. The Morgan fingerprint density at radius 1 is 1.62 bits per heavy atom. The van der Waals surface area contributed by atoms with E-state index < -0.39 is 0 Å². The van der Waals surface area contributed by atoms with Crippen molar-refractivity contribution in [1.29, 1.82) is 0 Å². The Kier molecular flexibility index (Phi) is 3.33. The van der Waals surface area contributed by atoms with Crippen molar-refractivity contribution < 1.29 is 4.79 Å². The lowest BCUT2D eigenvalue weighted by molar-refractivity contribution is -0.132. The molecular formula is C13H22N2O. The van der Waals surface area contributed by atoms with Crippen molar-refractivity contribution in [3.8, 4) is 0 Å². The van der Waals surface area contributed by atoms with Crippen LogP contribution in [0.5, 0.6) is 0 Å². The van der Waals surface area contributed by atoms with Gasteiger partial charge in [0.05, 0.1) is 5.54 Å². The molecule has 2 aliphatic rings. The molecule has 2 saturated heterocycles. The monoisotopic (exact) mass is 222 g/mol. The van der Waals surface area contributed by atoms with Gasteiger partial charge in [0.1, 0.15) is 0 Å². The SMILES string of the molecule is C=CCN1C(=O)CC[C@]12CCCN[C@H]2CC. The zero-order valence-electron chi connectivity index (χ0n) is 10.2. The number of carbonyl (C=O) groups excluding carboxylic acids is 1. The van der Waals surface area contributed by atoms with Crippen molar-refractivity contribution in [3.05, 3.63) is 12.7 Å². The number of nitrogens with one attached hydrogen (secondary N) is 1. The van der Waals surface area contributed by atoms with E-state index in [1.807, 2.05) is 6.08 Å². The smallest absolute Gasteiger partial charge is 0.223 e. The Labute approximate surface area is 97.9 Å². The fraction of sp³-hybridized carbons (Fsp3) is 0.769. The molecule has 0 radical (unpaired) electrons. The van der Waals surface area contributed by atoms with Gasteiger partial charge in [0.15, 0.2) is 0 Å². The van der Waals surface area contributed by atoms with Crippen LogP contribution in [0.25, 0.3) is 0 Å². The Balaban J connectivity index is 2.25. The van der Waals surface area contributed by atoms with Crippen LogP contribution in [-0.2, 0) is 4.79 Å². The van der Waals surface area contributed by atoms with Gasteiger partial charge >= 0.3 is 0 Å². The Morgan fingerprint density at radius 3 is 3.12 bits per heavy atom. The molecule has 0 saturated carbocycles. The van der Waals surface area contributed by atoms with E-state index in [4.69, 9.17) is 0 Å². The number of rotatable bonds is 3. The number of likely N-dealkylation sites (tertiary alicyclic amines) is 1. The molecule has 2 atom stereocenters. The number of hydrogen-bond acceptors (Lipinski definition) is 2. The summed E-state index contributed by atoms with van der Waals surface area (Å²) in [6.45, 7) is 7.78. The highest BCUT2D eigenvalue weighted by atomic mass is 16.2. The summed E-state index contributed by atoms with van der Waals surface area (Å²) < 4.78 is 0. The van der Waals surface area contributed by atoms with Crippen LogP contribution in [0.2, 0.25) is 0 Å². The van der Waals surface area contributed by atoms with Crippen LogP contribution in [0.4, 0.5) is 0 Å². The van der Waals surface area contributed by atoms with Gasteiger partial charge in [-0.25, -0.2) is 0 Å². The molecule has 2 aliphatic heterocycles. The molecule has 3 nitrogen and oxygen atoms in total. The van der Waals surface area contributed by atoms with Crippen molar-refractivity contribution in [2.24, 2.45) is 0 Å². The minimum atomic E-state index is 0.0816. The first-order valence-electron chi connectivity index (χ1n) is 6.39. The van der Waals surface area contributed by atoms with Crippen LogP contribution in [0.3, 0.4) is 0 Å². The minimum absolute atomic E-state index is 0.0816. The zero-order valence-corrected chi connectivity index (χ0v) is 10.2. The largest absolute Gasteiger partial charge is 0.332 e. The molecule has 2 fully saturated rings. The normalized spacial score (nSPS) is 34.7. The van der Waals surface area contributed by atoms with Gasteiger partial charge in [-0.05, 0) is 32.2 Å². The van der Waals surface area contributed by atoms with E-state index in [1.54, 1.807) is 0 Å². The lowest BCUT2D eigenvalue weighted by Gasteiger charge is -2.47. The molecule has 90 valence electrons. The van der Waals surface area contributed by atoms with E-state index in [0.717, 1.165) is 25.8 Å². The third-order valence-corrected chi connectivity index (χ3v) is 4.16. The molecule has 0 unspecified atom stereocenters. The summed E-state index contributed by atoms with van der Waals surface area (Å²) in [5.41, 5.74) is 0.0816. The molecule has 1 N–H and O–H groups in total. The Bertz CT molecular complexity index is 290. The van der Waals surface area contributed by atoms with Crippen molar-refractivity contribution in [1.82, 2.24) is 10.2 Å². The molecule has 0 aliphatic carbocycles. The van der Waals surface area contributed by atoms with Gasteiger partial charge in [-0.1, -0.05) is 13.0 Å². The van der Waals surface area contributed by atoms with Crippen LogP contribution < -0.4 is 5.32 Å². The maximum absolute atomic E-state index is 11.9. The van der Waals surface area contributed by atoms with Crippen LogP contribution in [0, 0.1) is 0 Å². The topological polar surface area (TPSA) is 32.3 Å². The molecular weight excluding hydrogens is 200 g/mol. The maximum Gasteiger partial charge on any atom is 0.223 e. The second kappa shape index (κ2) is 4.58. The molecule has 0 aromatic heterocycles. The van der Waals surface area contributed by atoms with E-state index >= 15 is 0 Å². The van der Waals surface area contributed by atoms with E-state index in [1.165, 1.54) is 6.42 Å². The summed E-state index contributed by atoms with van der Waals surface area (Å²) in [6, 6.07) is 0.465.